The number of rotatable bonds is 4. The zero-order valence-corrected chi connectivity index (χ0v) is 13.0. The molecule has 0 fully saturated rings. The summed E-state index contributed by atoms with van der Waals surface area (Å²) in [5.41, 5.74) is -1.48. The van der Waals surface area contributed by atoms with Gasteiger partial charge in [-0.25, -0.2) is 0 Å². The molecule has 2 aromatic rings. The Bertz CT molecular complexity index is 832. The Balaban J connectivity index is 2.21. The minimum absolute atomic E-state index is 0.108. The molecular formula is C14H13F3N4O4. The van der Waals surface area contributed by atoms with Crippen molar-refractivity contribution in [2.24, 2.45) is 0 Å². The Morgan fingerprint density at radius 3 is 2.52 bits per heavy atom. The lowest BCUT2D eigenvalue weighted by Gasteiger charge is -2.15. The van der Waals surface area contributed by atoms with Crippen molar-refractivity contribution >= 4 is 17.3 Å². The van der Waals surface area contributed by atoms with Crippen LogP contribution in [-0.4, -0.2) is 25.7 Å². The van der Waals surface area contributed by atoms with E-state index < -0.39 is 34.5 Å². The van der Waals surface area contributed by atoms with Crippen molar-refractivity contribution in [2.75, 3.05) is 5.32 Å². The van der Waals surface area contributed by atoms with Gasteiger partial charge in [0.25, 0.3) is 5.69 Å². The number of phenols is 1. The highest BCUT2D eigenvalue weighted by Gasteiger charge is 2.35. The van der Waals surface area contributed by atoms with Crippen LogP contribution in [0.3, 0.4) is 0 Å². The molecule has 1 heterocycles. The first-order chi connectivity index (χ1) is 11.5. The van der Waals surface area contributed by atoms with Crippen molar-refractivity contribution in [2.45, 2.75) is 26.1 Å². The lowest BCUT2D eigenvalue weighted by Crippen LogP contribution is -2.25. The zero-order chi connectivity index (χ0) is 18.9. The predicted octanol–water partition coefficient (Wildman–Crippen LogP) is 3.02. The van der Waals surface area contributed by atoms with Gasteiger partial charge in [0.05, 0.1) is 16.7 Å². The smallest absolute Gasteiger partial charge is 0.435 e. The summed E-state index contributed by atoms with van der Waals surface area (Å²) in [4.78, 5) is 22.1. The molecule has 0 aliphatic carbocycles. The monoisotopic (exact) mass is 358 g/mol. The number of anilines is 1. The van der Waals surface area contributed by atoms with Crippen LogP contribution >= 0.6 is 0 Å². The Hall–Kier alpha value is -3.11. The summed E-state index contributed by atoms with van der Waals surface area (Å²) >= 11 is 0. The number of hydrogen-bond acceptors (Lipinski definition) is 5. The Morgan fingerprint density at radius 2 is 2.04 bits per heavy atom. The maximum Gasteiger partial charge on any atom is 0.435 e. The number of benzene rings is 1. The van der Waals surface area contributed by atoms with Crippen LogP contribution in [0.1, 0.15) is 24.4 Å². The van der Waals surface area contributed by atoms with Gasteiger partial charge in [0, 0.05) is 11.8 Å². The number of amides is 1. The van der Waals surface area contributed by atoms with E-state index in [1.54, 1.807) is 0 Å². The van der Waals surface area contributed by atoms with Crippen molar-refractivity contribution in [3.63, 3.8) is 0 Å². The van der Waals surface area contributed by atoms with E-state index in [1.165, 1.54) is 13.8 Å². The van der Waals surface area contributed by atoms with Crippen molar-refractivity contribution in [1.82, 2.24) is 9.78 Å². The Morgan fingerprint density at radius 1 is 1.40 bits per heavy atom. The summed E-state index contributed by atoms with van der Waals surface area (Å²) in [6, 6.07) is 2.75. The van der Waals surface area contributed by atoms with Gasteiger partial charge in [0.1, 0.15) is 11.8 Å². The van der Waals surface area contributed by atoms with E-state index in [4.69, 9.17) is 0 Å². The molecule has 8 nitrogen and oxygen atoms in total. The molecule has 134 valence electrons. The van der Waals surface area contributed by atoms with E-state index in [0.717, 1.165) is 28.9 Å². The number of non-ortho nitro benzene ring substituents is 1. The molecule has 1 amide bonds. The molecular weight excluding hydrogens is 345 g/mol. The largest absolute Gasteiger partial charge is 0.506 e. The van der Waals surface area contributed by atoms with Crippen molar-refractivity contribution in [1.29, 1.82) is 0 Å². The van der Waals surface area contributed by atoms with E-state index in [2.05, 4.69) is 10.4 Å². The van der Waals surface area contributed by atoms with Gasteiger partial charge in [-0.05, 0) is 26.0 Å². The highest BCUT2D eigenvalue weighted by Crippen LogP contribution is 2.31. The fourth-order valence-corrected chi connectivity index (χ4v) is 2.11. The molecule has 1 aromatic carbocycles. The van der Waals surface area contributed by atoms with Gasteiger partial charge in [-0.2, -0.15) is 18.3 Å². The number of phenolic OH excluding ortho intramolecular Hbond substituents is 1. The highest BCUT2D eigenvalue weighted by atomic mass is 19.4. The van der Waals surface area contributed by atoms with Gasteiger partial charge in [0.15, 0.2) is 5.69 Å². The van der Waals surface area contributed by atoms with E-state index in [-0.39, 0.29) is 17.1 Å². The molecule has 2 rings (SSSR count). The second kappa shape index (κ2) is 6.42. The second-order valence-corrected chi connectivity index (χ2v) is 5.24. The van der Waals surface area contributed by atoms with Crippen LogP contribution < -0.4 is 5.32 Å². The summed E-state index contributed by atoms with van der Waals surface area (Å²) in [5.74, 6) is -1.29. The van der Waals surface area contributed by atoms with Gasteiger partial charge in [-0.3, -0.25) is 19.6 Å². The van der Waals surface area contributed by atoms with Gasteiger partial charge in [-0.1, -0.05) is 0 Å². The van der Waals surface area contributed by atoms with Crippen LogP contribution in [0.5, 0.6) is 5.75 Å². The van der Waals surface area contributed by atoms with Crippen LogP contribution in [0, 0.1) is 17.0 Å². The molecule has 0 saturated carbocycles. The molecule has 0 spiro atoms. The summed E-state index contributed by atoms with van der Waals surface area (Å²) < 4.78 is 39.0. The molecule has 25 heavy (non-hydrogen) atoms. The normalized spacial score (nSPS) is 12.7. The first-order valence-electron chi connectivity index (χ1n) is 6.92. The molecule has 0 aliphatic heterocycles. The number of nitrogens with one attached hydrogen (secondary N) is 1. The molecule has 2 N–H and O–H groups in total. The number of carbonyl (C=O) groups is 1. The number of nitro benzene ring substituents is 1. The van der Waals surface area contributed by atoms with E-state index in [0.29, 0.717) is 0 Å². The average Bonchev–Trinajstić information content (AvgIpc) is 2.90. The third kappa shape index (κ3) is 3.87. The second-order valence-electron chi connectivity index (χ2n) is 5.24. The molecule has 0 radical (unpaired) electrons. The fourth-order valence-electron chi connectivity index (χ4n) is 2.11. The lowest BCUT2D eigenvalue weighted by atomic mass is 10.2. The van der Waals surface area contributed by atoms with Crippen LogP contribution in [0.2, 0.25) is 0 Å². The van der Waals surface area contributed by atoms with E-state index >= 15 is 0 Å². The quantitative estimate of drug-likeness (QED) is 0.496. The average molecular weight is 358 g/mol. The number of nitro groups is 1. The number of alkyl halides is 3. The SMILES string of the molecule is Cc1cc(C(F)(F)F)nn1C(C)C(=O)Nc1ccc([N+](=O)[O-])cc1O. The number of halogens is 3. The number of carbonyl (C=O) groups excluding carboxylic acids is 1. The minimum atomic E-state index is -4.64. The highest BCUT2D eigenvalue weighted by molar-refractivity contribution is 5.94. The maximum absolute atomic E-state index is 12.7. The first kappa shape index (κ1) is 18.2. The summed E-state index contributed by atoms with van der Waals surface area (Å²) in [5, 5.41) is 26.0. The molecule has 11 heteroatoms. The molecule has 0 aliphatic rings. The molecule has 1 unspecified atom stereocenters. The van der Waals surface area contributed by atoms with Crippen LogP contribution in [0.15, 0.2) is 24.3 Å². The number of nitrogens with zero attached hydrogens (tertiary/aromatic N) is 3. The Labute approximate surface area is 139 Å². The number of aryl methyl sites for hydroxylation is 1. The Kier molecular flexibility index (Phi) is 4.68. The zero-order valence-electron chi connectivity index (χ0n) is 13.0. The van der Waals surface area contributed by atoms with Crippen LogP contribution in [0.25, 0.3) is 0 Å². The van der Waals surface area contributed by atoms with Crippen LogP contribution in [0.4, 0.5) is 24.5 Å². The van der Waals surface area contributed by atoms with Gasteiger partial charge in [0.2, 0.25) is 5.91 Å². The van der Waals surface area contributed by atoms with Gasteiger partial charge < -0.3 is 10.4 Å². The predicted molar refractivity (Wildman–Crippen MR) is 80.1 cm³/mol. The van der Waals surface area contributed by atoms with Crippen molar-refractivity contribution in [3.05, 3.63) is 45.8 Å². The van der Waals surface area contributed by atoms with E-state index in [9.17, 15) is 33.2 Å². The van der Waals surface area contributed by atoms with Gasteiger partial charge in [-0.15, -0.1) is 0 Å². The number of aromatic nitrogens is 2. The third-order valence-electron chi connectivity index (χ3n) is 3.41. The molecule has 1 aromatic heterocycles. The lowest BCUT2D eigenvalue weighted by molar-refractivity contribution is -0.384. The minimum Gasteiger partial charge on any atom is -0.506 e. The first-order valence-corrected chi connectivity index (χ1v) is 6.92. The van der Waals surface area contributed by atoms with E-state index in [1.807, 2.05) is 0 Å². The fraction of sp³-hybridized carbons (Fsp3) is 0.286. The topological polar surface area (TPSA) is 110 Å². The molecule has 0 bridgehead atoms. The molecule has 0 saturated heterocycles. The number of hydrogen-bond donors (Lipinski definition) is 2. The van der Waals surface area contributed by atoms with Crippen molar-refractivity contribution < 1.29 is 28.0 Å². The summed E-state index contributed by atoms with van der Waals surface area (Å²) in [6.45, 7) is 2.70. The molecule has 1 atom stereocenters. The standard InChI is InChI=1S/C14H13F3N4O4/c1-7-5-12(14(15,16)17)19-20(7)8(2)13(23)18-10-4-3-9(21(24)25)6-11(10)22/h3-6,8,22H,1-2H3,(H,18,23). The summed E-state index contributed by atoms with van der Waals surface area (Å²) in [6.07, 6.45) is -4.64. The summed E-state index contributed by atoms with van der Waals surface area (Å²) in [7, 11) is 0. The maximum atomic E-state index is 12.7. The third-order valence-corrected chi connectivity index (χ3v) is 3.41. The number of aromatic hydroxyl groups is 1. The van der Waals surface area contributed by atoms with Crippen molar-refractivity contribution in [3.8, 4) is 5.75 Å². The van der Waals surface area contributed by atoms with Crippen LogP contribution in [-0.2, 0) is 11.0 Å². The van der Waals surface area contributed by atoms with Gasteiger partial charge >= 0.3 is 6.18 Å².